The van der Waals surface area contributed by atoms with Crippen LogP contribution in [0.2, 0.25) is 0 Å². The van der Waals surface area contributed by atoms with E-state index in [0.717, 1.165) is 18.6 Å². The lowest BCUT2D eigenvalue weighted by Gasteiger charge is -2.36. The first kappa shape index (κ1) is 11.9. The highest BCUT2D eigenvalue weighted by molar-refractivity contribution is 5.48. The summed E-state index contributed by atoms with van der Waals surface area (Å²) in [6.45, 7) is 1.08. The summed E-state index contributed by atoms with van der Waals surface area (Å²) in [4.78, 5) is 2.66. The van der Waals surface area contributed by atoms with E-state index in [1.807, 2.05) is 0 Å². The molecule has 2 bridgehead atoms. The largest absolute Gasteiger partial charge is 0.328 e. The van der Waals surface area contributed by atoms with Gasteiger partial charge in [-0.15, -0.1) is 0 Å². The fourth-order valence-corrected chi connectivity index (χ4v) is 3.49. The molecule has 2 aliphatic heterocycles. The summed E-state index contributed by atoms with van der Waals surface area (Å²) in [6, 6.07) is 12.4. The lowest BCUT2D eigenvalue weighted by Crippen LogP contribution is -2.47. The molecule has 0 radical (unpaired) electrons. The molecule has 3 rings (SSSR count). The monoisotopic (exact) mass is 242 g/mol. The van der Waals surface area contributed by atoms with Gasteiger partial charge in [0.1, 0.15) is 0 Å². The maximum Gasteiger partial charge on any atom is 0.0172 e. The van der Waals surface area contributed by atoms with Gasteiger partial charge in [-0.2, -0.15) is 0 Å². The average molecular weight is 242 g/mol. The van der Waals surface area contributed by atoms with E-state index in [1.54, 1.807) is 0 Å². The highest BCUT2D eigenvalue weighted by Crippen LogP contribution is 2.34. The number of hydrogen-bond acceptors (Lipinski definition) is 2. The van der Waals surface area contributed by atoms with Crippen LogP contribution in [0.25, 0.3) is 6.08 Å². The molecule has 2 aliphatic rings. The first-order valence-electron chi connectivity index (χ1n) is 7.06. The molecule has 0 amide bonds. The molecule has 2 nitrogen and oxygen atoms in total. The third-order valence-corrected chi connectivity index (χ3v) is 4.35. The molecule has 2 N–H and O–H groups in total. The van der Waals surface area contributed by atoms with E-state index < -0.39 is 0 Å². The Morgan fingerprint density at radius 2 is 1.78 bits per heavy atom. The van der Waals surface area contributed by atoms with Crippen LogP contribution in [0.1, 0.15) is 31.2 Å². The fraction of sp³-hybridized carbons (Fsp3) is 0.500. The minimum atomic E-state index is 0.442. The SMILES string of the molecule is NC1CC2CCC(C1)N2CC=Cc1ccccc1. The molecule has 0 aromatic heterocycles. The Labute approximate surface area is 109 Å². The van der Waals surface area contributed by atoms with Crippen LogP contribution in [0.15, 0.2) is 36.4 Å². The number of hydrogen-bond donors (Lipinski definition) is 1. The maximum absolute atomic E-state index is 6.09. The summed E-state index contributed by atoms with van der Waals surface area (Å²) in [7, 11) is 0. The maximum atomic E-state index is 6.09. The minimum absolute atomic E-state index is 0.442. The van der Waals surface area contributed by atoms with E-state index in [-0.39, 0.29) is 0 Å². The zero-order valence-electron chi connectivity index (χ0n) is 10.8. The zero-order valence-corrected chi connectivity index (χ0v) is 10.8. The molecular weight excluding hydrogens is 220 g/mol. The van der Waals surface area contributed by atoms with E-state index in [9.17, 15) is 0 Å². The van der Waals surface area contributed by atoms with Crippen molar-refractivity contribution in [2.24, 2.45) is 5.73 Å². The van der Waals surface area contributed by atoms with Gasteiger partial charge in [0.05, 0.1) is 0 Å². The summed E-state index contributed by atoms with van der Waals surface area (Å²) in [5.41, 5.74) is 7.38. The Bertz CT molecular complexity index is 398. The molecule has 18 heavy (non-hydrogen) atoms. The summed E-state index contributed by atoms with van der Waals surface area (Å²) < 4.78 is 0. The Morgan fingerprint density at radius 3 is 2.44 bits per heavy atom. The molecule has 2 saturated heterocycles. The van der Waals surface area contributed by atoms with Crippen molar-refractivity contribution in [2.75, 3.05) is 6.54 Å². The molecule has 0 aliphatic carbocycles. The van der Waals surface area contributed by atoms with Crippen molar-refractivity contribution >= 4 is 6.08 Å². The number of piperidine rings is 1. The Balaban J connectivity index is 1.59. The van der Waals surface area contributed by atoms with Crippen molar-refractivity contribution < 1.29 is 0 Å². The fourth-order valence-electron chi connectivity index (χ4n) is 3.49. The van der Waals surface area contributed by atoms with Crippen LogP contribution in [0, 0.1) is 0 Å². The zero-order chi connectivity index (χ0) is 12.4. The van der Waals surface area contributed by atoms with Crippen molar-refractivity contribution in [3.05, 3.63) is 42.0 Å². The predicted molar refractivity (Wildman–Crippen MR) is 76.2 cm³/mol. The highest BCUT2D eigenvalue weighted by atomic mass is 15.2. The van der Waals surface area contributed by atoms with Crippen LogP contribution in [-0.4, -0.2) is 29.6 Å². The van der Waals surface area contributed by atoms with Gasteiger partial charge in [0.15, 0.2) is 0 Å². The summed E-state index contributed by atoms with van der Waals surface area (Å²) in [5, 5.41) is 0. The second kappa shape index (κ2) is 5.25. The molecule has 96 valence electrons. The van der Waals surface area contributed by atoms with Gasteiger partial charge in [0.25, 0.3) is 0 Å². The van der Waals surface area contributed by atoms with Crippen LogP contribution < -0.4 is 5.73 Å². The van der Waals surface area contributed by atoms with Crippen LogP contribution in [0.5, 0.6) is 0 Å². The molecular formula is C16H22N2. The van der Waals surface area contributed by atoms with Crippen LogP contribution in [-0.2, 0) is 0 Å². The molecule has 0 spiro atoms. The van der Waals surface area contributed by atoms with E-state index in [4.69, 9.17) is 5.73 Å². The van der Waals surface area contributed by atoms with E-state index in [0.29, 0.717) is 6.04 Å². The van der Waals surface area contributed by atoms with Crippen molar-refractivity contribution in [2.45, 2.75) is 43.8 Å². The summed E-state index contributed by atoms with van der Waals surface area (Å²) in [5.74, 6) is 0. The van der Waals surface area contributed by atoms with Gasteiger partial charge in [0.2, 0.25) is 0 Å². The van der Waals surface area contributed by atoms with Crippen molar-refractivity contribution in [1.29, 1.82) is 0 Å². The first-order valence-corrected chi connectivity index (χ1v) is 7.06. The van der Waals surface area contributed by atoms with Gasteiger partial charge in [-0.05, 0) is 31.2 Å². The van der Waals surface area contributed by atoms with Gasteiger partial charge >= 0.3 is 0 Å². The molecule has 2 heteroatoms. The number of benzene rings is 1. The Morgan fingerprint density at radius 1 is 1.11 bits per heavy atom. The second-order valence-corrected chi connectivity index (χ2v) is 5.63. The predicted octanol–water partition coefficient (Wildman–Crippen LogP) is 2.65. The van der Waals surface area contributed by atoms with Crippen molar-refractivity contribution in [1.82, 2.24) is 4.90 Å². The van der Waals surface area contributed by atoms with E-state index in [2.05, 4.69) is 47.4 Å². The molecule has 2 unspecified atom stereocenters. The van der Waals surface area contributed by atoms with Crippen LogP contribution in [0.4, 0.5) is 0 Å². The topological polar surface area (TPSA) is 29.3 Å². The third kappa shape index (κ3) is 2.50. The van der Waals surface area contributed by atoms with Gasteiger partial charge in [-0.3, -0.25) is 4.90 Å². The molecule has 2 fully saturated rings. The van der Waals surface area contributed by atoms with Gasteiger partial charge < -0.3 is 5.73 Å². The smallest absolute Gasteiger partial charge is 0.0172 e. The molecule has 2 heterocycles. The van der Waals surface area contributed by atoms with Gasteiger partial charge in [0, 0.05) is 24.7 Å². The van der Waals surface area contributed by atoms with Crippen LogP contribution >= 0.6 is 0 Å². The number of fused-ring (bicyclic) bond motifs is 2. The van der Waals surface area contributed by atoms with Crippen molar-refractivity contribution in [3.8, 4) is 0 Å². The van der Waals surface area contributed by atoms with Crippen molar-refractivity contribution in [3.63, 3.8) is 0 Å². The molecule has 1 aromatic rings. The summed E-state index contributed by atoms with van der Waals surface area (Å²) in [6.07, 6.45) is 9.60. The van der Waals surface area contributed by atoms with Gasteiger partial charge in [-0.25, -0.2) is 0 Å². The Hall–Kier alpha value is -1.12. The molecule has 0 saturated carbocycles. The second-order valence-electron chi connectivity index (χ2n) is 5.63. The van der Waals surface area contributed by atoms with E-state index >= 15 is 0 Å². The Kier molecular flexibility index (Phi) is 3.48. The minimum Gasteiger partial charge on any atom is -0.328 e. The third-order valence-electron chi connectivity index (χ3n) is 4.35. The van der Waals surface area contributed by atoms with Crippen LogP contribution in [0.3, 0.4) is 0 Å². The summed E-state index contributed by atoms with van der Waals surface area (Å²) >= 11 is 0. The number of rotatable bonds is 3. The molecule has 2 atom stereocenters. The lowest BCUT2D eigenvalue weighted by molar-refractivity contribution is 0.144. The number of nitrogens with zero attached hydrogens (tertiary/aromatic N) is 1. The average Bonchev–Trinajstić information content (AvgIpc) is 2.63. The quantitative estimate of drug-likeness (QED) is 0.883. The lowest BCUT2D eigenvalue weighted by atomic mass is 9.98. The van der Waals surface area contributed by atoms with E-state index in [1.165, 1.54) is 31.2 Å². The first-order chi connectivity index (χ1) is 8.83. The van der Waals surface area contributed by atoms with Gasteiger partial charge in [-0.1, -0.05) is 42.5 Å². The number of nitrogens with two attached hydrogens (primary N) is 1. The molecule has 1 aromatic carbocycles. The standard InChI is InChI=1S/C16H22N2/c17-14-11-15-8-9-16(12-14)18(15)10-4-7-13-5-2-1-3-6-13/h1-7,14-16H,8-12,17H2. The normalized spacial score (nSPS) is 32.2. The highest BCUT2D eigenvalue weighted by Gasteiger charge is 2.38.